The molecule has 0 saturated heterocycles. The van der Waals surface area contributed by atoms with Gasteiger partial charge in [0.05, 0.1) is 10.2 Å². The van der Waals surface area contributed by atoms with Crippen molar-refractivity contribution in [3.05, 3.63) is 15.9 Å². The van der Waals surface area contributed by atoms with Crippen LogP contribution >= 0.6 is 15.9 Å². The molecule has 0 bridgehead atoms. The normalized spacial score (nSPS) is 11.4. The lowest BCUT2D eigenvalue weighted by Gasteiger charge is -2.08. The Bertz CT molecular complexity index is 358. The van der Waals surface area contributed by atoms with Crippen molar-refractivity contribution < 1.29 is 0 Å². The average molecular weight is 316 g/mol. The molecule has 0 radical (unpaired) electrons. The minimum Gasteiger partial charge on any atom is -0.315 e. The Morgan fingerprint density at radius 3 is 2.39 bits per heavy atom. The van der Waals surface area contributed by atoms with E-state index in [1.807, 2.05) is 6.92 Å². The first-order valence-corrected chi connectivity index (χ1v) is 7.74. The number of aryl methyl sites for hydroxylation is 2. The molecule has 0 aliphatic carbocycles. The van der Waals surface area contributed by atoms with Crippen molar-refractivity contribution in [2.24, 2.45) is 0 Å². The van der Waals surface area contributed by atoms with Crippen molar-refractivity contribution in [1.82, 2.24) is 15.1 Å². The molecule has 0 fully saturated rings. The molecule has 0 aromatic carbocycles. The molecule has 0 aliphatic rings. The maximum atomic E-state index is 4.52. The monoisotopic (exact) mass is 315 g/mol. The van der Waals surface area contributed by atoms with E-state index in [0.717, 1.165) is 23.3 Å². The summed E-state index contributed by atoms with van der Waals surface area (Å²) in [6.07, 6.45) is 5.09. The maximum absolute atomic E-state index is 4.52. The number of hydrogen-bond donors (Lipinski definition) is 1. The largest absolute Gasteiger partial charge is 0.315 e. The van der Waals surface area contributed by atoms with Crippen LogP contribution < -0.4 is 5.32 Å². The van der Waals surface area contributed by atoms with E-state index in [9.17, 15) is 0 Å². The summed E-state index contributed by atoms with van der Waals surface area (Å²) < 4.78 is 3.27. The summed E-state index contributed by atoms with van der Waals surface area (Å²) in [6, 6.07) is 0.608. The molecule has 1 aromatic rings. The highest BCUT2D eigenvalue weighted by Gasteiger charge is 2.07. The molecule has 0 saturated carbocycles. The lowest BCUT2D eigenvalue weighted by Crippen LogP contribution is -2.23. The smallest absolute Gasteiger partial charge is 0.0738 e. The van der Waals surface area contributed by atoms with E-state index in [-0.39, 0.29) is 0 Å². The maximum Gasteiger partial charge on any atom is 0.0738 e. The standard InChI is InChI=1S/C14H26BrN3/c1-11(2)16-9-7-5-6-8-10-18-13(4)14(15)12(3)17-18/h11,16H,5-10H2,1-4H3. The van der Waals surface area contributed by atoms with Gasteiger partial charge >= 0.3 is 0 Å². The average Bonchev–Trinajstić information content (AvgIpc) is 2.55. The van der Waals surface area contributed by atoms with Crippen molar-refractivity contribution >= 4 is 15.9 Å². The van der Waals surface area contributed by atoms with Crippen LogP contribution in [-0.4, -0.2) is 22.4 Å². The molecule has 1 aromatic heterocycles. The topological polar surface area (TPSA) is 29.9 Å². The molecule has 0 atom stereocenters. The van der Waals surface area contributed by atoms with Crippen LogP contribution in [0.2, 0.25) is 0 Å². The molecule has 18 heavy (non-hydrogen) atoms. The summed E-state index contributed by atoms with van der Waals surface area (Å²) in [4.78, 5) is 0. The molecule has 1 rings (SSSR count). The van der Waals surface area contributed by atoms with Crippen molar-refractivity contribution in [1.29, 1.82) is 0 Å². The highest BCUT2D eigenvalue weighted by Crippen LogP contribution is 2.20. The van der Waals surface area contributed by atoms with Gasteiger partial charge in [-0.25, -0.2) is 0 Å². The van der Waals surface area contributed by atoms with Gasteiger partial charge in [-0.2, -0.15) is 5.10 Å². The van der Waals surface area contributed by atoms with Crippen LogP contribution in [0.1, 0.15) is 50.9 Å². The Morgan fingerprint density at radius 2 is 1.83 bits per heavy atom. The van der Waals surface area contributed by atoms with Gasteiger partial charge in [0.15, 0.2) is 0 Å². The number of rotatable bonds is 8. The second-order valence-corrected chi connectivity index (χ2v) is 6.02. The minimum atomic E-state index is 0.608. The summed E-state index contributed by atoms with van der Waals surface area (Å²) in [5, 5.41) is 7.97. The van der Waals surface area contributed by atoms with Gasteiger partial charge in [-0.05, 0) is 49.2 Å². The molecule has 1 N–H and O–H groups in total. The second-order valence-electron chi connectivity index (χ2n) is 5.23. The van der Waals surface area contributed by atoms with Gasteiger partial charge < -0.3 is 5.32 Å². The van der Waals surface area contributed by atoms with Crippen LogP contribution in [0.4, 0.5) is 0 Å². The zero-order valence-electron chi connectivity index (χ0n) is 12.1. The highest BCUT2D eigenvalue weighted by molar-refractivity contribution is 9.10. The summed E-state index contributed by atoms with van der Waals surface area (Å²) in [7, 11) is 0. The molecule has 1 heterocycles. The molecule has 0 unspecified atom stereocenters. The van der Waals surface area contributed by atoms with Gasteiger partial charge in [0, 0.05) is 18.3 Å². The minimum absolute atomic E-state index is 0.608. The van der Waals surface area contributed by atoms with E-state index in [1.165, 1.54) is 31.4 Å². The predicted octanol–water partition coefficient (Wildman–Crippen LogP) is 3.82. The molecule has 4 heteroatoms. The molecular formula is C14H26BrN3. The lowest BCUT2D eigenvalue weighted by molar-refractivity contribution is 0.504. The van der Waals surface area contributed by atoms with E-state index in [4.69, 9.17) is 0 Å². The Labute approximate surface area is 119 Å². The molecule has 0 spiro atoms. The Morgan fingerprint density at radius 1 is 1.17 bits per heavy atom. The Hall–Kier alpha value is -0.350. The van der Waals surface area contributed by atoms with Gasteiger partial charge in [-0.3, -0.25) is 4.68 Å². The van der Waals surface area contributed by atoms with Gasteiger partial charge in [0.1, 0.15) is 0 Å². The molecule has 0 amide bonds. The van der Waals surface area contributed by atoms with E-state index in [2.05, 4.69) is 51.8 Å². The number of aromatic nitrogens is 2. The zero-order valence-corrected chi connectivity index (χ0v) is 13.7. The van der Waals surface area contributed by atoms with Gasteiger partial charge in [0.25, 0.3) is 0 Å². The van der Waals surface area contributed by atoms with Crippen molar-refractivity contribution in [3.8, 4) is 0 Å². The first-order valence-electron chi connectivity index (χ1n) is 6.95. The fraction of sp³-hybridized carbons (Fsp3) is 0.786. The number of unbranched alkanes of at least 4 members (excludes halogenated alkanes) is 3. The Balaban J connectivity index is 2.13. The Kier molecular flexibility index (Phi) is 6.94. The SMILES string of the molecule is Cc1nn(CCCCCCNC(C)C)c(C)c1Br. The van der Waals surface area contributed by atoms with Crippen LogP contribution in [0.5, 0.6) is 0 Å². The van der Waals surface area contributed by atoms with Crippen molar-refractivity contribution in [3.63, 3.8) is 0 Å². The molecule has 104 valence electrons. The molecular weight excluding hydrogens is 290 g/mol. The summed E-state index contributed by atoms with van der Waals surface area (Å²) in [5.74, 6) is 0. The fourth-order valence-corrected chi connectivity index (χ4v) is 2.31. The third-order valence-electron chi connectivity index (χ3n) is 3.14. The first-order chi connectivity index (χ1) is 8.52. The van der Waals surface area contributed by atoms with Gasteiger partial charge in [0.2, 0.25) is 0 Å². The summed E-state index contributed by atoms with van der Waals surface area (Å²) >= 11 is 3.57. The zero-order chi connectivity index (χ0) is 13.5. The van der Waals surface area contributed by atoms with E-state index in [1.54, 1.807) is 0 Å². The van der Waals surface area contributed by atoms with Crippen LogP contribution in [0, 0.1) is 13.8 Å². The van der Waals surface area contributed by atoms with E-state index in [0.29, 0.717) is 6.04 Å². The molecule has 3 nitrogen and oxygen atoms in total. The third kappa shape index (κ3) is 5.11. The number of nitrogens with one attached hydrogen (secondary N) is 1. The summed E-state index contributed by atoms with van der Waals surface area (Å²) in [6.45, 7) is 10.7. The first kappa shape index (κ1) is 15.7. The van der Waals surface area contributed by atoms with Crippen LogP contribution in [0.15, 0.2) is 4.47 Å². The number of hydrogen-bond acceptors (Lipinski definition) is 2. The fourth-order valence-electron chi connectivity index (χ4n) is 2.02. The predicted molar refractivity (Wildman–Crippen MR) is 81.0 cm³/mol. The van der Waals surface area contributed by atoms with Crippen molar-refractivity contribution in [2.75, 3.05) is 6.54 Å². The van der Waals surface area contributed by atoms with Gasteiger partial charge in [-0.1, -0.05) is 26.7 Å². The quantitative estimate of drug-likeness (QED) is 0.739. The van der Waals surface area contributed by atoms with Crippen LogP contribution in [0.25, 0.3) is 0 Å². The summed E-state index contributed by atoms with van der Waals surface area (Å²) in [5.41, 5.74) is 2.34. The molecule has 0 aliphatic heterocycles. The second kappa shape index (κ2) is 7.95. The third-order valence-corrected chi connectivity index (χ3v) is 4.29. The highest BCUT2D eigenvalue weighted by atomic mass is 79.9. The van der Waals surface area contributed by atoms with Gasteiger partial charge in [-0.15, -0.1) is 0 Å². The van der Waals surface area contributed by atoms with Crippen LogP contribution in [-0.2, 0) is 6.54 Å². The van der Waals surface area contributed by atoms with E-state index < -0.39 is 0 Å². The van der Waals surface area contributed by atoms with E-state index >= 15 is 0 Å². The number of nitrogens with zero attached hydrogens (tertiary/aromatic N) is 2. The lowest BCUT2D eigenvalue weighted by atomic mass is 10.2. The number of halogens is 1. The van der Waals surface area contributed by atoms with Crippen molar-refractivity contribution in [2.45, 2.75) is 66.0 Å². The van der Waals surface area contributed by atoms with Crippen LogP contribution in [0.3, 0.4) is 0 Å².